The molecular formula is C16H15N3O2. The van der Waals surface area contributed by atoms with Crippen LogP contribution in [0.15, 0.2) is 59.3 Å². The van der Waals surface area contributed by atoms with E-state index in [2.05, 4.69) is 15.3 Å². The van der Waals surface area contributed by atoms with E-state index in [-0.39, 0.29) is 6.61 Å². The molecule has 106 valence electrons. The van der Waals surface area contributed by atoms with Crippen molar-refractivity contribution in [2.45, 2.75) is 13.2 Å². The molecule has 2 aromatic heterocycles. The van der Waals surface area contributed by atoms with Crippen LogP contribution in [0.25, 0.3) is 11.4 Å². The zero-order chi connectivity index (χ0) is 14.5. The number of nitrogens with zero attached hydrogens (tertiary/aromatic N) is 2. The average Bonchev–Trinajstić information content (AvgIpc) is 3.02. The van der Waals surface area contributed by atoms with Crippen LogP contribution in [0.5, 0.6) is 0 Å². The number of aliphatic hydroxyl groups excluding tert-OH is 1. The van der Waals surface area contributed by atoms with E-state index < -0.39 is 0 Å². The SMILES string of the molecule is OCc1ccc(CNc2cnc(-c3ccccc3)nc2)o1. The number of rotatable bonds is 5. The third-order valence-corrected chi connectivity index (χ3v) is 3.02. The van der Waals surface area contributed by atoms with Crippen LogP contribution in [0.1, 0.15) is 11.5 Å². The average molecular weight is 281 g/mol. The van der Waals surface area contributed by atoms with Gasteiger partial charge in [-0.25, -0.2) is 9.97 Å². The molecular weight excluding hydrogens is 266 g/mol. The van der Waals surface area contributed by atoms with E-state index >= 15 is 0 Å². The summed E-state index contributed by atoms with van der Waals surface area (Å²) >= 11 is 0. The first kappa shape index (κ1) is 13.3. The summed E-state index contributed by atoms with van der Waals surface area (Å²) in [7, 11) is 0. The molecule has 21 heavy (non-hydrogen) atoms. The molecule has 0 radical (unpaired) electrons. The highest BCUT2D eigenvalue weighted by Crippen LogP contribution is 2.15. The van der Waals surface area contributed by atoms with Gasteiger partial charge in [0.1, 0.15) is 18.1 Å². The highest BCUT2D eigenvalue weighted by molar-refractivity contribution is 5.55. The van der Waals surface area contributed by atoms with Crippen molar-refractivity contribution < 1.29 is 9.52 Å². The van der Waals surface area contributed by atoms with Crippen molar-refractivity contribution in [3.63, 3.8) is 0 Å². The molecule has 3 aromatic rings. The fourth-order valence-corrected chi connectivity index (χ4v) is 1.95. The summed E-state index contributed by atoms with van der Waals surface area (Å²) < 4.78 is 5.39. The number of aromatic nitrogens is 2. The first-order valence-electron chi connectivity index (χ1n) is 6.65. The minimum atomic E-state index is -0.0884. The summed E-state index contributed by atoms with van der Waals surface area (Å²) in [5.41, 5.74) is 1.80. The quantitative estimate of drug-likeness (QED) is 0.752. The van der Waals surface area contributed by atoms with E-state index in [9.17, 15) is 0 Å². The normalized spacial score (nSPS) is 10.5. The topological polar surface area (TPSA) is 71.2 Å². The third-order valence-electron chi connectivity index (χ3n) is 3.02. The number of aliphatic hydroxyl groups is 1. The van der Waals surface area contributed by atoms with Crippen LogP contribution in [0.3, 0.4) is 0 Å². The summed E-state index contributed by atoms with van der Waals surface area (Å²) in [5, 5.41) is 12.1. The van der Waals surface area contributed by atoms with Gasteiger partial charge in [0.05, 0.1) is 24.6 Å². The Balaban J connectivity index is 1.64. The Morgan fingerprint density at radius 1 is 0.952 bits per heavy atom. The number of benzene rings is 1. The smallest absolute Gasteiger partial charge is 0.159 e. The maximum Gasteiger partial charge on any atom is 0.159 e. The molecule has 0 aliphatic heterocycles. The standard InChI is InChI=1S/C16H15N3O2/c20-11-15-7-6-14(21-15)10-17-13-8-18-16(19-9-13)12-4-2-1-3-5-12/h1-9,17,20H,10-11H2. The van der Waals surface area contributed by atoms with Gasteiger partial charge in [-0.05, 0) is 12.1 Å². The second kappa shape index (κ2) is 6.19. The van der Waals surface area contributed by atoms with E-state index in [4.69, 9.17) is 9.52 Å². The molecule has 0 saturated carbocycles. The Kier molecular flexibility index (Phi) is 3.93. The Bertz CT molecular complexity index is 693. The molecule has 0 amide bonds. The van der Waals surface area contributed by atoms with Crippen LogP contribution >= 0.6 is 0 Å². The first-order valence-corrected chi connectivity index (χ1v) is 6.65. The van der Waals surface area contributed by atoms with Crippen molar-refractivity contribution in [3.8, 4) is 11.4 Å². The summed E-state index contributed by atoms with van der Waals surface area (Å²) in [6.45, 7) is 0.433. The van der Waals surface area contributed by atoms with Gasteiger partial charge in [0.25, 0.3) is 0 Å². The Hall–Kier alpha value is -2.66. The molecule has 0 atom stereocenters. The predicted octanol–water partition coefficient (Wildman–Crippen LogP) is 2.84. The molecule has 0 saturated heterocycles. The van der Waals surface area contributed by atoms with Crippen LogP contribution in [0.2, 0.25) is 0 Å². The lowest BCUT2D eigenvalue weighted by atomic mass is 10.2. The van der Waals surface area contributed by atoms with E-state index in [0.29, 0.717) is 18.1 Å². The molecule has 0 fully saturated rings. The Labute approximate surface area is 122 Å². The maximum absolute atomic E-state index is 8.94. The second-order valence-corrected chi connectivity index (χ2v) is 4.54. The lowest BCUT2D eigenvalue weighted by Crippen LogP contribution is -2.00. The lowest BCUT2D eigenvalue weighted by Gasteiger charge is -2.05. The van der Waals surface area contributed by atoms with Crippen molar-refractivity contribution in [3.05, 3.63) is 66.4 Å². The van der Waals surface area contributed by atoms with Crippen molar-refractivity contribution in [2.75, 3.05) is 5.32 Å². The molecule has 5 nitrogen and oxygen atoms in total. The number of furan rings is 1. The van der Waals surface area contributed by atoms with Gasteiger partial charge in [-0.3, -0.25) is 0 Å². The summed E-state index contributed by atoms with van der Waals surface area (Å²) in [6.07, 6.45) is 3.48. The molecule has 0 unspecified atom stereocenters. The zero-order valence-electron chi connectivity index (χ0n) is 11.4. The molecule has 2 N–H and O–H groups in total. The molecule has 3 rings (SSSR count). The summed E-state index contributed by atoms with van der Waals surface area (Å²) in [4.78, 5) is 8.68. The van der Waals surface area contributed by atoms with Crippen LogP contribution < -0.4 is 5.32 Å². The largest absolute Gasteiger partial charge is 0.462 e. The van der Waals surface area contributed by atoms with Crippen molar-refractivity contribution >= 4 is 5.69 Å². The number of hydrogen-bond donors (Lipinski definition) is 2. The van der Waals surface area contributed by atoms with Gasteiger partial charge in [0.2, 0.25) is 0 Å². The van der Waals surface area contributed by atoms with E-state index in [1.54, 1.807) is 18.5 Å². The second-order valence-electron chi connectivity index (χ2n) is 4.54. The number of anilines is 1. The highest BCUT2D eigenvalue weighted by Gasteiger charge is 2.03. The van der Waals surface area contributed by atoms with Gasteiger partial charge in [-0.2, -0.15) is 0 Å². The zero-order valence-corrected chi connectivity index (χ0v) is 11.4. The monoisotopic (exact) mass is 281 g/mol. The molecule has 2 heterocycles. The molecule has 0 aliphatic rings. The lowest BCUT2D eigenvalue weighted by molar-refractivity contribution is 0.244. The molecule has 0 bridgehead atoms. The van der Waals surface area contributed by atoms with Crippen molar-refractivity contribution in [1.29, 1.82) is 0 Å². The molecule has 0 aliphatic carbocycles. The molecule has 1 aromatic carbocycles. The van der Waals surface area contributed by atoms with Crippen LogP contribution in [0, 0.1) is 0 Å². The highest BCUT2D eigenvalue weighted by atomic mass is 16.4. The minimum absolute atomic E-state index is 0.0884. The summed E-state index contributed by atoms with van der Waals surface area (Å²) in [5.74, 6) is 2.01. The van der Waals surface area contributed by atoms with Gasteiger partial charge in [-0.15, -0.1) is 0 Å². The van der Waals surface area contributed by atoms with Crippen molar-refractivity contribution in [2.24, 2.45) is 0 Å². The Morgan fingerprint density at radius 3 is 2.33 bits per heavy atom. The van der Waals surface area contributed by atoms with Crippen LogP contribution in [0.4, 0.5) is 5.69 Å². The van der Waals surface area contributed by atoms with Gasteiger partial charge in [0.15, 0.2) is 5.82 Å². The van der Waals surface area contributed by atoms with Crippen molar-refractivity contribution in [1.82, 2.24) is 9.97 Å². The van der Waals surface area contributed by atoms with E-state index in [0.717, 1.165) is 17.0 Å². The van der Waals surface area contributed by atoms with Crippen LogP contribution in [-0.4, -0.2) is 15.1 Å². The van der Waals surface area contributed by atoms with Gasteiger partial charge >= 0.3 is 0 Å². The fourth-order valence-electron chi connectivity index (χ4n) is 1.95. The fraction of sp³-hybridized carbons (Fsp3) is 0.125. The first-order chi connectivity index (χ1) is 10.3. The van der Waals surface area contributed by atoms with Gasteiger partial charge in [0, 0.05) is 5.56 Å². The number of nitrogens with one attached hydrogen (secondary N) is 1. The molecule has 0 spiro atoms. The predicted molar refractivity (Wildman–Crippen MR) is 79.4 cm³/mol. The summed E-state index contributed by atoms with van der Waals surface area (Å²) in [6, 6.07) is 13.4. The number of hydrogen-bond acceptors (Lipinski definition) is 5. The Morgan fingerprint density at radius 2 is 1.67 bits per heavy atom. The van der Waals surface area contributed by atoms with E-state index in [1.807, 2.05) is 36.4 Å². The maximum atomic E-state index is 8.94. The van der Waals surface area contributed by atoms with Crippen LogP contribution in [-0.2, 0) is 13.2 Å². The molecule has 5 heteroatoms. The van der Waals surface area contributed by atoms with E-state index in [1.165, 1.54) is 0 Å². The minimum Gasteiger partial charge on any atom is -0.462 e. The third kappa shape index (κ3) is 3.27. The van der Waals surface area contributed by atoms with Gasteiger partial charge < -0.3 is 14.8 Å². The van der Waals surface area contributed by atoms with Gasteiger partial charge in [-0.1, -0.05) is 30.3 Å².